The zero-order valence-electron chi connectivity index (χ0n) is 20.1. The molecule has 0 aliphatic carbocycles. The third-order valence-corrected chi connectivity index (χ3v) is 7.30. The van der Waals surface area contributed by atoms with Gasteiger partial charge in [-0.15, -0.1) is 0 Å². The number of halogens is 3. The van der Waals surface area contributed by atoms with E-state index in [0.717, 1.165) is 36.7 Å². The first-order valence-electron chi connectivity index (χ1n) is 11.4. The summed E-state index contributed by atoms with van der Waals surface area (Å²) in [5.41, 5.74) is 3.24. The SMILES string of the molecule is CCCc1nc2ccc(Br)cc2c(=O)n1N=Cc1ccc(N(C)C)cc1OCc1ccc(Br)cc1Br. The molecule has 4 rings (SSSR count). The lowest BCUT2D eigenvalue weighted by Gasteiger charge is -2.16. The monoisotopic (exact) mass is 674 g/mol. The molecule has 0 amide bonds. The maximum atomic E-state index is 13.3. The fourth-order valence-corrected chi connectivity index (χ4v) is 5.17. The predicted molar refractivity (Wildman–Crippen MR) is 158 cm³/mol. The lowest BCUT2D eigenvalue weighted by atomic mass is 10.2. The van der Waals surface area contributed by atoms with Gasteiger partial charge >= 0.3 is 0 Å². The van der Waals surface area contributed by atoms with E-state index in [4.69, 9.17) is 9.72 Å². The van der Waals surface area contributed by atoms with E-state index in [1.54, 1.807) is 12.3 Å². The van der Waals surface area contributed by atoms with Gasteiger partial charge in [-0.3, -0.25) is 4.79 Å². The standard InChI is InChI=1S/C27H25Br3N4O2/c1-4-5-26-32-24-11-9-19(28)12-22(24)27(35)34(26)31-15-17-7-10-21(33(2)3)14-25(17)36-16-18-6-8-20(29)13-23(18)30/h6-15H,4-5,16H2,1-3H3. The van der Waals surface area contributed by atoms with Crippen LogP contribution in [0.15, 0.2) is 77.9 Å². The first-order valence-corrected chi connectivity index (χ1v) is 13.8. The van der Waals surface area contributed by atoms with Crippen molar-refractivity contribution in [2.75, 3.05) is 19.0 Å². The Balaban J connectivity index is 1.74. The Kier molecular flexibility index (Phi) is 8.64. The molecule has 1 aromatic heterocycles. The summed E-state index contributed by atoms with van der Waals surface area (Å²) in [5, 5.41) is 5.10. The Morgan fingerprint density at radius 2 is 1.78 bits per heavy atom. The molecule has 0 aliphatic rings. The zero-order valence-corrected chi connectivity index (χ0v) is 24.9. The molecule has 0 saturated carbocycles. The van der Waals surface area contributed by atoms with Crippen LogP contribution in [-0.4, -0.2) is 30.0 Å². The van der Waals surface area contributed by atoms with Crippen LogP contribution < -0.4 is 15.2 Å². The van der Waals surface area contributed by atoms with E-state index in [1.165, 1.54) is 4.68 Å². The molecule has 0 spiro atoms. The van der Waals surface area contributed by atoms with Crippen molar-refractivity contribution < 1.29 is 4.74 Å². The molecular weight excluding hydrogens is 652 g/mol. The number of hydrogen-bond donors (Lipinski definition) is 0. The van der Waals surface area contributed by atoms with Crippen LogP contribution >= 0.6 is 47.8 Å². The third-order valence-electron chi connectivity index (χ3n) is 5.57. The Hall–Kier alpha value is -2.49. The van der Waals surface area contributed by atoms with Gasteiger partial charge in [-0.2, -0.15) is 9.78 Å². The molecular formula is C27H25Br3N4O2. The number of ether oxygens (including phenoxy) is 1. The molecule has 0 bridgehead atoms. The van der Waals surface area contributed by atoms with Crippen LogP contribution in [-0.2, 0) is 13.0 Å². The average Bonchev–Trinajstić information content (AvgIpc) is 2.84. The fourth-order valence-electron chi connectivity index (χ4n) is 3.65. The largest absolute Gasteiger partial charge is 0.488 e. The zero-order chi connectivity index (χ0) is 25.8. The third kappa shape index (κ3) is 6.07. The van der Waals surface area contributed by atoms with Gasteiger partial charge in [0.15, 0.2) is 0 Å². The summed E-state index contributed by atoms with van der Waals surface area (Å²) in [6, 6.07) is 17.4. The molecule has 0 fully saturated rings. The summed E-state index contributed by atoms with van der Waals surface area (Å²) in [4.78, 5) is 20.1. The second kappa shape index (κ2) is 11.7. The molecule has 0 N–H and O–H groups in total. The topological polar surface area (TPSA) is 59.7 Å². The summed E-state index contributed by atoms with van der Waals surface area (Å²) in [6.45, 7) is 2.43. The van der Waals surface area contributed by atoms with Crippen molar-refractivity contribution in [3.63, 3.8) is 0 Å². The highest BCUT2D eigenvalue weighted by atomic mass is 79.9. The van der Waals surface area contributed by atoms with Gasteiger partial charge in [0.1, 0.15) is 18.2 Å². The lowest BCUT2D eigenvalue weighted by Crippen LogP contribution is -2.22. The van der Waals surface area contributed by atoms with Gasteiger partial charge in [-0.25, -0.2) is 4.98 Å². The molecule has 9 heteroatoms. The Morgan fingerprint density at radius 1 is 1.03 bits per heavy atom. The number of aromatic nitrogens is 2. The molecule has 0 atom stereocenters. The van der Waals surface area contributed by atoms with Gasteiger partial charge in [-0.05, 0) is 48.9 Å². The Labute approximate surface area is 235 Å². The molecule has 0 radical (unpaired) electrons. The molecule has 0 unspecified atom stereocenters. The number of benzene rings is 3. The van der Waals surface area contributed by atoms with Crippen molar-refractivity contribution in [2.45, 2.75) is 26.4 Å². The van der Waals surface area contributed by atoms with Crippen LogP contribution in [0.1, 0.15) is 30.3 Å². The van der Waals surface area contributed by atoms with E-state index in [1.807, 2.05) is 67.5 Å². The van der Waals surface area contributed by atoms with Crippen LogP contribution in [0.4, 0.5) is 5.69 Å². The highest BCUT2D eigenvalue weighted by Crippen LogP contribution is 2.27. The first-order chi connectivity index (χ1) is 17.3. The van der Waals surface area contributed by atoms with Crippen molar-refractivity contribution >= 4 is 70.6 Å². The Bertz CT molecular complexity index is 1500. The maximum Gasteiger partial charge on any atom is 0.282 e. The minimum Gasteiger partial charge on any atom is -0.488 e. The van der Waals surface area contributed by atoms with Crippen molar-refractivity contribution in [1.82, 2.24) is 9.66 Å². The fraction of sp³-hybridized carbons (Fsp3) is 0.222. The van der Waals surface area contributed by atoms with Crippen LogP contribution in [0.3, 0.4) is 0 Å². The van der Waals surface area contributed by atoms with Crippen molar-refractivity contribution in [2.24, 2.45) is 5.10 Å². The number of fused-ring (bicyclic) bond motifs is 1. The van der Waals surface area contributed by atoms with E-state index < -0.39 is 0 Å². The predicted octanol–water partition coefficient (Wildman–Crippen LogP) is 7.16. The second-order valence-corrected chi connectivity index (χ2v) is 11.1. The Morgan fingerprint density at radius 3 is 2.50 bits per heavy atom. The number of aryl methyl sites for hydroxylation is 1. The molecule has 0 saturated heterocycles. The van der Waals surface area contributed by atoms with Crippen molar-refractivity contribution in [3.8, 4) is 5.75 Å². The molecule has 0 aliphatic heterocycles. The maximum absolute atomic E-state index is 13.3. The molecule has 6 nitrogen and oxygen atoms in total. The molecule has 186 valence electrons. The molecule has 1 heterocycles. The van der Waals surface area contributed by atoms with Crippen LogP contribution in [0, 0.1) is 0 Å². The van der Waals surface area contributed by atoms with Gasteiger partial charge in [0.25, 0.3) is 5.56 Å². The van der Waals surface area contributed by atoms with Gasteiger partial charge < -0.3 is 9.64 Å². The normalized spacial score (nSPS) is 11.4. The van der Waals surface area contributed by atoms with Gasteiger partial charge in [0.05, 0.1) is 17.1 Å². The van der Waals surface area contributed by atoms with E-state index in [2.05, 4.69) is 59.8 Å². The van der Waals surface area contributed by atoms with Crippen LogP contribution in [0.5, 0.6) is 5.75 Å². The molecule has 36 heavy (non-hydrogen) atoms. The van der Waals surface area contributed by atoms with E-state index in [-0.39, 0.29) is 5.56 Å². The summed E-state index contributed by atoms with van der Waals surface area (Å²) < 4.78 is 10.4. The smallest absolute Gasteiger partial charge is 0.282 e. The number of anilines is 1. The van der Waals surface area contributed by atoms with Gasteiger partial charge in [-0.1, -0.05) is 60.8 Å². The van der Waals surface area contributed by atoms with E-state index in [9.17, 15) is 4.79 Å². The van der Waals surface area contributed by atoms with Gasteiger partial charge in [0.2, 0.25) is 0 Å². The summed E-state index contributed by atoms with van der Waals surface area (Å²) in [7, 11) is 3.96. The van der Waals surface area contributed by atoms with E-state index >= 15 is 0 Å². The minimum absolute atomic E-state index is 0.202. The summed E-state index contributed by atoms with van der Waals surface area (Å²) >= 11 is 10.5. The molecule has 4 aromatic rings. The average molecular weight is 677 g/mol. The lowest BCUT2D eigenvalue weighted by molar-refractivity contribution is 0.305. The van der Waals surface area contributed by atoms with Crippen LogP contribution in [0.25, 0.3) is 10.9 Å². The minimum atomic E-state index is -0.202. The molecule has 3 aromatic carbocycles. The number of nitrogens with zero attached hydrogens (tertiary/aromatic N) is 4. The highest BCUT2D eigenvalue weighted by molar-refractivity contribution is 9.11. The van der Waals surface area contributed by atoms with Crippen molar-refractivity contribution in [1.29, 1.82) is 0 Å². The van der Waals surface area contributed by atoms with Crippen LogP contribution in [0.2, 0.25) is 0 Å². The quantitative estimate of drug-likeness (QED) is 0.186. The summed E-state index contributed by atoms with van der Waals surface area (Å²) in [6.07, 6.45) is 3.15. The van der Waals surface area contributed by atoms with E-state index in [0.29, 0.717) is 35.5 Å². The highest BCUT2D eigenvalue weighted by Gasteiger charge is 2.12. The summed E-state index contributed by atoms with van der Waals surface area (Å²) in [5.74, 6) is 1.29. The van der Waals surface area contributed by atoms with Crippen molar-refractivity contribution in [3.05, 3.63) is 95.3 Å². The number of rotatable bonds is 8. The number of hydrogen-bond acceptors (Lipinski definition) is 5. The van der Waals surface area contributed by atoms with Gasteiger partial charge in [0, 0.05) is 56.8 Å². The first kappa shape index (κ1) is 26.6. The second-order valence-electron chi connectivity index (χ2n) is 8.44.